The number of hydrogen-bond acceptors (Lipinski definition) is 3. The van der Waals surface area contributed by atoms with E-state index >= 15 is 0 Å². The van der Waals surface area contributed by atoms with E-state index < -0.39 is 12.0 Å². The maximum absolute atomic E-state index is 12.3. The number of rotatable bonds is 2. The van der Waals surface area contributed by atoms with Gasteiger partial charge in [-0.15, -0.1) is 11.8 Å². The van der Waals surface area contributed by atoms with Crippen LogP contribution in [0.3, 0.4) is 0 Å². The van der Waals surface area contributed by atoms with Crippen molar-refractivity contribution in [1.82, 2.24) is 4.90 Å². The first-order valence-electron chi connectivity index (χ1n) is 5.07. The summed E-state index contributed by atoms with van der Waals surface area (Å²) in [6, 6.07) is 4.11. The highest BCUT2D eigenvalue weighted by molar-refractivity contribution is 9.10. The number of hydrogen-bond donors (Lipinski definition) is 1. The first kappa shape index (κ1) is 13.7. The highest BCUT2D eigenvalue weighted by Gasteiger charge is 2.35. The molecule has 0 spiro atoms. The summed E-state index contributed by atoms with van der Waals surface area (Å²) in [7, 11) is 0. The Morgan fingerprint density at radius 1 is 1.50 bits per heavy atom. The molecular formula is C11H9BrClNO3S. The van der Waals surface area contributed by atoms with E-state index in [2.05, 4.69) is 15.9 Å². The normalized spacial score (nSPS) is 19.0. The third-order valence-corrected chi connectivity index (χ3v) is 4.53. The molecule has 4 nitrogen and oxygen atoms in total. The van der Waals surface area contributed by atoms with Crippen molar-refractivity contribution in [2.45, 2.75) is 6.04 Å². The average molecular weight is 351 g/mol. The van der Waals surface area contributed by atoms with Gasteiger partial charge in [-0.2, -0.15) is 0 Å². The van der Waals surface area contributed by atoms with E-state index in [0.29, 0.717) is 26.7 Å². The van der Waals surface area contributed by atoms with Crippen LogP contribution in [0.25, 0.3) is 0 Å². The smallest absolute Gasteiger partial charge is 0.327 e. The molecule has 1 amide bonds. The molecule has 1 atom stereocenters. The minimum atomic E-state index is -0.980. The summed E-state index contributed by atoms with van der Waals surface area (Å²) < 4.78 is 0.609. The molecule has 1 aromatic carbocycles. The molecule has 96 valence electrons. The molecule has 0 radical (unpaired) electrons. The second-order valence-electron chi connectivity index (χ2n) is 3.75. The Balaban J connectivity index is 2.31. The summed E-state index contributed by atoms with van der Waals surface area (Å²) in [5, 5.41) is 9.50. The Labute approximate surface area is 121 Å². The van der Waals surface area contributed by atoms with Crippen LogP contribution in [0.4, 0.5) is 0 Å². The molecule has 18 heavy (non-hydrogen) atoms. The van der Waals surface area contributed by atoms with Gasteiger partial charge in [0, 0.05) is 15.2 Å². The van der Waals surface area contributed by atoms with Gasteiger partial charge in [0.1, 0.15) is 6.04 Å². The molecule has 7 heteroatoms. The zero-order chi connectivity index (χ0) is 13.3. The van der Waals surface area contributed by atoms with Gasteiger partial charge in [-0.25, -0.2) is 4.79 Å². The van der Waals surface area contributed by atoms with Gasteiger partial charge in [0.2, 0.25) is 0 Å². The first-order valence-corrected chi connectivity index (χ1v) is 7.40. The Hall–Kier alpha value is -0.720. The number of carboxylic acid groups (broad SMARTS) is 1. The number of halogens is 2. The van der Waals surface area contributed by atoms with Gasteiger partial charge >= 0.3 is 5.97 Å². The van der Waals surface area contributed by atoms with Crippen LogP contribution in [0, 0.1) is 0 Å². The molecule has 1 fully saturated rings. The number of nitrogens with zero attached hydrogens (tertiary/aromatic N) is 1. The van der Waals surface area contributed by atoms with E-state index in [9.17, 15) is 9.59 Å². The van der Waals surface area contributed by atoms with E-state index in [1.54, 1.807) is 12.1 Å². The van der Waals surface area contributed by atoms with Gasteiger partial charge in [-0.05, 0) is 34.1 Å². The van der Waals surface area contributed by atoms with Gasteiger partial charge in [0.05, 0.1) is 11.4 Å². The van der Waals surface area contributed by atoms with E-state index in [0.717, 1.165) is 0 Å². The lowest BCUT2D eigenvalue weighted by Gasteiger charge is -2.21. The standard InChI is InChI=1S/C11H9BrClNO3S/c12-8-2-1-6(13)3-7(8)10(15)14-5-18-4-9(14)11(16)17/h1-3,9H,4-5H2,(H,16,17)/t9-/m0/s1. The molecule has 1 aliphatic heterocycles. The van der Waals surface area contributed by atoms with Crippen LogP contribution >= 0.6 is 39.3 Å². The minimum Gasteiger partial charge on any atom is -0.480 e. The van der Waals surface area contributed by atoms with Gasteiger partial charge < -0.3 is 10.0 Å². The molecule has 1 aromatic rings. The van der Waals surface area contributed by atoms with Crippen molar-refractivity contribution in [3.63, 3.8) is 0 Å². The van der Waals surface area contributed by atoms with Crippen LogP contribution in [0.5, 0.6) is 0 Å². The fourth-order valence-electron chi connectivity index (χ4n) is 1.66. The van der Waals surface area contributed by atoms with Crippen LogP contribution in [-0.2, 0) is 4.79 Å². The lowest BCUT2D eigenvalue weighted by atomic mass is 10.2. The second-order valence-corrected chi connectivity index (χ2v) is 6.04. The topological polar surface area (TPSA) is 57.6 Å². The van der Waals surface area contributed by atoms with E-state index in [4.69, 9.17) is 16.7 Å². The van der Waals surface area contributed by atoms with E-state index in [1.165, 1.54) is 22.7 Å². The van der Waals surface area contributed by atoms with Crippen molar-refractivity contribution in [1.29, 1.82) is 0 Å². The van der Waals surface area contributed by atoms with Crippen LogP contribution in [0.1, 0.15) is 10.4 Å². The Morgan fingerprint density at radius 3 is 2.89 bits per heavy atom. The predicted molar refractivity (Wildman–Crippen MR) is 74.1 cm³/mol. The molecule has 1 N–H and O–H groups in total. The third-order valence-electron chi connectivity index (χ3n) is 2.59. The van der Waals surface area contributed by atoms with Crippen molar-refractivity contribution < 1.29 is 14.7 Å². The summed E-state index contributed by atoms with van der Waals surface area (Å²) in [5.41, 5.74) is 0.385. The Morgan fingerprint density at radius 2 is 2.22 bits per heavy atom. The largest absolute Gasteiger partial charge is 0.480 e. The van der Waals surface area contributed by atoms with Crippen molar-refractivity contribution >= 4 is 51.2 Å². The van der Waals surface area contributed by atoms with Crippen LogP contribution < -0.4 is 0 Å². The number of carboxylic acids is 1. The zero-order valence-corrected chi connectivity index (χ0v) is 12.3. The minimum absolute atomic E-state index is 0.318. The highest BCUT2D eigenvalue weighted by Crippen LogP contribution is 2.27. The predicted octanol–water partition coefficient (Wildman–Crippen LogP) is 2.70. The van der Waals surface area contributed by atoms with E-state index in [-0.39, 0.29) is 5.91 Å². The molecule has 0 aliphatic carbocycles. The molecule has 1 saturated heterocycles. The molecule has 0 aromatic heterocycles. The summed E-state index contributed by atoms with van der Waals surface area (Å²) in [6.07, 6.45) is 0. The summed E-state index contributed by atoms with van der Waals surface area (Å²) in [4.78, 5) is 24.7. The summed E-state index contributed by atoms with van der Waals surface area (Å²) in [5.74, 6) is -0.498. The van der Waals surface area contributed by atoms with Crippen LogP contribution in [0.2, 0.25) is 5.02 Å². The second kappa shape index (κ2) is 5.50. The van der Waals surface area contributed by atoms with Crippen molar-refractivity contribution in [2.24, 2.45) is 0 Å². The lowest BCUT2D eigenvalue weighted by molar-refractivity contribution is -0.140. The number of carbonyl (C=O) groups excluding carboxylic acids is 1. The SMILES string of the molecule is O=C(O)[C@@H]1CSCN1C(=O)c1cc(Cl)ccc1Br. The van der Waals surface area contributed by atoms with Gasteiger partial charge in [-0.1, -0.05) is 11.6 Å². The van der Waals surface area contributed by atoms with Crippen molar-refractivity contribution in [3.05, 3.63) is 33.3 Å². The quantitative estimate of drug-likeness (QED) is 0.891. The van der Waals surface area contributed by atoms with Gasteiger partial charge in [-0.3, -0.25) is 4.79 Å². The molecule has 1 heterocycles. The van der Waals surface area contributed by atoms with Gasteiger partial charge in [0.25, 0.3) is 5.91 Å². The summed E-state index contributed by atoms with van der Waals surface area (Å²) in [6.45, 7) is 0. The number of amides is 1. The fraction of sp³-hybridized carbons (Fsp3) is 0.273. The molecular weight excluding hydrogens is 342 g/mol. The monoisotopic (exact) mass is 349 g/mol. The average Bonchev–Trinajstić information content (AvgIpc) is 2.80. The maximum Gasteiger partial charge on any atom is 0.327 e. The molecule has 0 saturated carbocycles. The number of carbonyl (C=O) groups is 2. The van der Waals surface area contributed by atoms with E-state index in [1.807, 2.05) is 0 Å². The lowest BCUT2D eigenvalue weighted by Crippen LogP contribution is -2.41. The van der Waals surface area contributed by atoms with Crippen molar-refractivity contribution in [3.8, 4) is 0 Å². The molecule has 0 bridgehead atoms. The fourth-order valence-corrected chi connectivity index (χ4v) is 3.40. The Kier molecular flexibility index (Phi) is 4.19. The van der Waals surface area contributed by atoms with Crippen LogP contribution in [-0.4, -0.2) is 39.6 Å². The summed E-state index contributed by atoms with van der Waals surface area (Å²) >= 11 is 10.6. The molecule has 0 unspecified atom stereocenters. The third kappa shape index (κ3) is 2.65. The first-order chi connectivity index (χ1) is 8.50. The highest BCUT2D eigenvalue weighted by atomic mass is 79.9. The number of benzene rings is 1. The zero-order valence-electron chi connectivity index (χ0n) is 9.10. The molecule has 2 rings (SSSR count). The van der Waals surface area contributed by atoms with Crippen LogP contribution in [0.15, 0.2) is 22.7 Å². The molecule has 1 aliphatic rings. The Bertz CT molecular complexity index is 511. The number of aliphatic carboxylic acids is 1. The number of thioether (sulfide) groups is 1. The van der Waals surface area contributed by atoms with Crippen molar-refractivity contribution in [2.75, 3.05) is 11.6 Å². The van der Waals surface area contributed by atoms with Gasteiger partial charge in [0.15, 0.2) is 0 Å². The maximum atomic E-state index is 12.3.